The van der Waals surface area contributed by atoms with Gasteiger partial charge in [0.05, 0.1) is 6.33 Å². The van der Waals surface area contributed by atoms with Crippen molar-refractivity contribution in [2.24, 2.45) is 0 Å². The van der Waals surface area contributed by atoms with E-state index in [2.05, 4.69) is 142 Å². The van der Waals surface area contributed by atoms with Crippen molar-refractivity contribution < 1.29 is 0 Å². The van der Waals surface area contributed by atoms with Crippen molar-refractivity contribution in [1.29, 1.82) is 0 Å². The Morgan fingerprint density at radius 2 is 0.971 bits per heavy atom. The average Bonchev–Trinajstić information content (AvgIpc) is 3.45. The van der Waals surface area contributed by atoms with Crippen LogP contribution in [0.3, 0.4) is 0 Å². The van der Waals surface area contributed by atoms with E-state index in [0.717, 1.165) is 19.5 Å². The number of rotatable bonds is 10. The highest BCUT2D eigenvalue weighted by molar-refractivity contribution is 7.84. The van der Waals surface area contributed by atoms with Crippen LogP contribution >= 0.6 is 16.1 Å². The van der Waals surface area contributed by atoms with E-state index < -0.39 is 16.1 Å². The molecule has 174 valence electrons. The Morgan fingerprint density at radius 1 is 0.571 bits per heavy atom. The highest BCUT2D eigenvalue weighted by atomic mass is 31.2. The van der Waals surface area contributed by atoms with E-state index in [-0.39, 0.29) is 0 Å². The van der Waals surface area contributed by atoms with Gasteiger partial charge in [0.15, 0.2) is 0 Å². The molecule has 0 aliphatic rings. The SMILES string of the molecule is c1ccc(P(c2ccccc2)N(CCCn2ccnc2)P(c2ccccc2)c2ccccc2)cc1. The van der Waals surface area contributed by atoms with Gasteiger partial charge in [0.25, 0.3) is 0 Å². The fourth-order valence-corrected chi connectivity index (χ4v) is 10.3. The lowest BCUT2D eigenvalue weighted by Gasteiger charge is -2.39. The van der Waals surface area contributed by atoms with Gasteiger partial charge in [-0.05, 0) is 27.6 Å². The average molecular weight is 494 g/mol. The number of imidazole rings is 1. The summed E-state index contributed by atoms with van der Waals surface area (Å²) in [6.45, 7) is 1.94. The second-order valence-electron chi connectivity index (χ2n) is 8.22. The molecule has 0 unspecified atom stereocenters. The maximum Gasteiger partial charge on any atom is 0.0945 e. The molecule has 0 atom stereocenters. The summed E-state index contributed by atoms with van der Waals surface area (Å²) in [7, 11) is -1.47. The van der Waals surface area contributed by atoms with Gasteiger partial charge in [-0.3, -0.25) is 0 Å². The number of aromatic nitrogens is 2. The van der Waals surface area contributed by atoms with Gasteiger partial charge in [-0.2, -0.15) is 0 Å². The first-order valence-corrected chi connectivity index (χ1v) is 14.5. The standard InChI is InChI=1S/C30H29N3P2/c1-5-14-27(15-6-1)34(28-16-7-2-8-17-28)33(24-13-23-32-25-22-31-26-32)35(29-18-9-3-10-19-29)30-20-11-4-12-21-30/h1-12,14-22,25-26H,13,23-24H2. The number of aryl methyl sites for hydroxylation is 1. The van der Waals surface area contributed by atoms with Crippen molar-refractivity contribution >= 4 is 37.4 Å². The van der Waals surface area contributed by atoms with Crippen LogP contribution in [0.2, 0.25) is 0 Å². The quantitative estimate of drug-likeness (QED) is 0.234. The third-order valence-corrected chi connectivity index (χ3v) is 11.3. The zero-order chi connectivity index (χ0) is 23.7. The van der Waals surface area contributed by atoms with Crippen LogP contribution < -0.4 is 21.2 Å². The summed E-state index contributed by atoms with van der Waals surface area (Å²) in [6, 6.07) is 44.2. The molecule has 3 nitrogen and oxygen atoms in total. The summed E-state index contributed by atoms with van der Waals surface area (Å²) in [5.41, 5.74) is 0. The molecule has 0 N–H and O–H groups in total. The molecule has 0 aliphatic heterocycles. The fourth-order valence-electron chi connectivity index (χ4n) is 4.21. The molecule has 0 saturated heterocycles. The lowest BCUT2D eigenvalue weighted by Crippen LogP contribution is -2.32. The van der Waals surface area contributed by atoms with E-state index >= 15 is 0 Å². The van der Waals surface area contributed by atoms with Gasteiger partial charge in [0.2, 0.25) is 0 Å². The van der Waals surface area contributed by atoms with Crippen molar-refractivity contribution in [3.8, 4) is 0 Å². The molecule has 5 rings (SSSR count). The second-order valence-corrected chi connectivity index (χ2v) is 12.8. The molecule has 4 aromatic carbocycles. The molecule has 0 spiro atoms. The zero-order valence-electron chi connectivity index (χ0n) is 19.6. The summed E-state index contributed by atoms with van der Waals surface area (Å²) in [4.78, 5) is 4.24. The Balaban J connectivity index is 1.62. The first-order valence-electron chi connectivity index (χ1n) is 11.9. The molecule has 5 heteroatoms. The Bertz CT molecular complexity index is 1100. The van der Waals surface area contributed by atoms with Crippen LogP contribution in [0, 0.1) is 0 Å². The first kappa shape index (κ1) is 23.6. The molecule has 1 heterocycles. The van der Waals surface area contributed by atoms with Crippen molar-refractivity contribution in [1.82, 2.24) is 14.0 Å². The van der Waals surface area contributed by atoms with E-state index in [4.69, 9.17) is 0 Å². The summed E-state index contributed by atoms with van der Waals surface area (Å²) >= 11 is 0. The molecular weight excluding hydrogens is 464 g/mol. The minimum absolute atomic E-state index is 0.733. The molecule has 0 radical (unpaired) electrons. The lowest BCUT2D eigenvalue weighted by molar-refractivity contribution is 0.577. The summed E-state index contributed by atoms with van der Waals surface area (Å²) < 4.78 is 4.98. The van der Waals surface area contributed by atoms with E-state index in [1.54, 1.807) is 0 Å². The fraction of sp³-hybridized carbons (Fsp3) is 0.100. The van der Waals surface area contributed by atoms with E-state index in [9.17, 15) is 0 Å². The van der Waals surface area contributed by atoms with Gasteiger partial charge in [0, 0.05) is 41.6 Å². The molecule has 1 aromatic heterocycles. The van der Waals surface area contributed by atoms with Crippen LogP contribution in [0.4, 0.5) is 0 Å². The Hall–Kier alpha value is -3.09. The summed E-state index contributed by atoms with van der Waals surface area (Å²) in [5.74, 6) is 0. The highest BCUT2D eigenvalue weighted by Gasteiger charge is 2.31. The van der Waals surface area contributed by atoms with E-state index in [0.29, 0.717) is 0 Å². The summed E-state index contributed by atoms with van der Waals surface area (Å²) in [5, 5.41) is 5.54. The molecular formula is C30H29N3P2. The third kappa shape index (κ3) is 5.95. The van der Waals surface area contributed by atoms with Gasteiger partial charge < -0.3 is 4.57 Å². The van der Waals surface area contributed by atoms with Gasteiger partial charge in [-0.25, -0.2) is 9.42 Å². The summed E-state index contributed by atoms with van der Waals surface area (Å²) in [6.07, 6.45) is 6.88. The minimum atomic E-state index is -0.733. The predicted octanol–water partition coefficient (Wildman–Crippen LogP) is 5.67. The number of hydrogen-bond acceptors (Lipinski definition) is 2. The maximum atomic E-state index is 4.24. The number of hydrogen-bond donors (Lipinski definition) is 0. The van der Waals surface area contributed by atoms with Crippen LogP contribution in [0.5, 0.6) is 0 Å². The van der Waals surface area contributed by atoms with Crippen molar-refractivity contribution in [3.05, 3.63) is 140 Å². The van der Waals surface area contributed by atoms with Crippen LogP contribution in [0.1, 0.15) is 6.42 Å². The van der Waals surface area contributed by atoms with E-state index in [1.165, 1.54) is 21.2 Å². The topological polar surface area (TPSA) is 21.1 Å². The molecule has 0 aliphatic carbocycles. The molecule has 0 bridgehead atoms. The minimum Gasteiger partial charge on any atom is -0.337 e. The van der Waals surface area contributed by atoms with E-state index in [1.807, 2.05) is 12.5 Å². The Kier molecular flexibility index (Phi) is 8.14. The first-order chi connectivity index (χ1) is 17.4. The molecule has 0 saturated carbocycles. The predicted molar refractivity (Wildman–Crippen MR) is 152 cm³/mol. The van der Waals surface area contributed by atoms with Gasteiger partial charge in [-0.1, -0.05) is 121 Å². The molecule has 35 heavy (non-hydrogen) atoms. The maximum absolute atomic E-state index is 4.24. The van der Waals surface area contributed by atoms with Crippen LogP contribution in [0.15, 0.2) is 140 Å². The Morgan fingerprint density at radius 3 is 1.31 bits per heavy atom. The monoisotopic (exact) mass is 493 g/mol. The number of nitrogens with zero attached hydrogens (tertiary/aromatic N) is 3. The van der Waals surface area contributed by atoms with Crippen molar-refractivity contribution in [2.75, 3.05) is 6.54 Å². The second kappa shape index (κ2) is 12.0. The van der Waals surface area contributed by atoms with Crippen LogP contribution in [0.25, 0.3) is 0 Å². The van der Waals surface area contributed by atoms with Crippen molar-refractivity contribution in [3.63, 3.8) is 0 Å². The van der Waals surface area contributed by atoms with Gasteiger partial charge in [-0.15, -0.1) is 0 Å². The molecule has 5 aromatic rings. The van der Waals surface area contributed by atoms with Crippen molar-refractivity contribution in [2.45, 2.75) is 13.0 Å². The highest BCUT2D eigenvalue weighted by Crippen LogP contribution is 2.54. The lowest BCUT2D eigenvalue weighted by atomic mass is 10.4. The molecule has 0 fully saturated rings. The number of benzene rings is 4. The van der Waals surface area contributed by atoms with Crippen LogP contribution in [-0.4, -0.2) is 20.5 Å². The largest absolute Gasteiger partial charge is 0.337 e. The van der Waals surface area contributed by atoms with Gasteiger partial charge in [0.1, 0.15) is 0 Å². The normalized spacial score (nSPS) is 11.4. The zero-order valence-corrected chi connectivity index (χ0v) is 21.4. The van der Waals surface area contributed by atoms with Gasteiger partial charge >= 0.3 is 0 Å². The van der Waals surface area contributed by atoms with Crippen LogP contribution in [-0.2, 0) is 6.54 Å². The smallest absolute Gasteiger partial charge is 0.0945 e. The molecule has 0 amide bonds. The Labute approximate surface area is 210 Å². The third-order valence-electron chi connectivity index (χ3n) is 5.80.